The van der Waals surface area contributed by atoms with Crippen LogP contribution in [0, 0.1) is 6.92 Å². The maximum absolute atomic E-state index is 12.8. The molecule has 0 saturated carbocycles. The molecule has 0 atom stereocenters. The van der Waals surface area contributed by atoms with Gasteiger partial charge in [-0.05, 0) is 38.5 Å². The van der Waals surface area contributed by atoms with Crippen molar-refractivity contribution in [1.29, 1.82) is 0 Å². The number of rotatable bonds is 7. The Bertz CT molecular complexity index is 927. The summed E-state index contributed by atoms with van der Waals surface area (Å²) in [7, 11) is -2.64. The number of ether oxygens (including phenoxy) is 1. The first-order valence-electron chi connectivity index (χ1n) is 8.34. The summed E-state index contributed by atoms with van der Waals surface area (Å²) in [5.41, 5.74) is 2.09. The van der Waals surface area contributed by atoms with Crippen LogP contribution < -0.4 is 19.7 Å². The molecule has 146 valence electrons. The highest BCUT2D eigenvalue weighted by Gasteiger charge is 2.23. The first-order valence-corrected chi connectivity index (χ1v) is 9.83. The zero-order valence-corrected chi connectivity index (χ0v) is 16.6. The number of hydrogen-bond donors (Lipinski definition) is 2. The average molecular weight is 392 g/mol. The van der Waals surface area contributed by atoms with Crippen LogP contribution >= 0.6 is 0 Å². The minimum atomic E-state index is -4.14. The van der Waals surface area contributed by atoms with Crippen molar-refractivity contribution in [2.45, 2.75) is 38.4 Å². The Balaban J connectivity index is 2.45. The molecule has 0 bridgehead atoms. The van der Waals surface area contributed by atoms with Gasteiger partial charge in [0, 0.05) is 24.9 Å². The van der Waals surface area contributed by atoms with Gasteiger partial charge in [-0.15, -0.1) is 0 Å². The van der Waals surface area contributed by atoms with Gasteiger partial charge < -0.3 is 15.2 Å². The number of methoxy groups -OCH3 is 1. The van der Waals surface area contributed by atoms with Crippen LogP contribution in [0.4, 0.5) is 11.4 Å². The van der Waals surface area contributed by atoms with Gasteiger partial charge in [0.1, 0.15) is 0 Å². The van der Waals surface area contributed by atoms with Gasteiger partial charge in [-0.25, -0.2) is 8.42 Å². The largest absolute Gasteiger partial charge is 0.846 e. The number of benzene rings is 1. The number of aliphatic imine (C=N–C) groups is 1. The molecule has 2 aromatic rings. The second kappa shape index (κ2) is 8.83. The Morgan fingerprint density at radius 3 is 2.70 bits per heavy atom. The monoisotopic (exact) mass is 392 g/mol. The first kappa shape index (κ1) is 20.7. The van der Waals surface area contributed by atoms with Gasteiger partial charge in [-0.1, -0.05) is 12.1 Å². The quantitative estimate of drug-likeness (QED) is 0.416. The summed E-state index contributed by atoms with van der Waals surface area (Å²) in [6, 6.07) is 7.90. The Morgan fingerprint density at radius 2 is 2.07 bits per heavy atom. The Labute approximate surface area is 159 Å². The van der Waals surface area contributed by atoms with Crippen molar-refractivity contribution >= 4 is 27.4 Å². The van der Waals surface area contributed by atoms with Gasteiger partial charge in [0.05, 0.1) is 11.7 Å². The van der Waals surface area contributed by atoms with Gasteiger partial charge >= 0.3 is 0 Å². The predicted molar refractivity (Wildman–Crippen MR) is 101 cm³/mol. The molecule has 0 unspecified atom stereocenters. The summed E-state index contributed by atoms with van der Waals surface area (Å²) < 4.78 is 34.1. The van der Waals surface area contributed by atoms with E-state index in [2.05, 4.69) is 10.3 Å². The predicted octanol–water partition coefficient (Wildman–Crippen LogP) is 1.03. The zero-order chi connectivity index (χ0) is 20.0. The Morgan fingerprint density at radius 1 is 1.33 bits per heavy atom. The lowest BCUT2D eigenvalue weighted by atomic mass is 10.2. The molecule has 0 fully saturated rings. The molecule has 2 N–H and O–H groups in total. The van der Waals surface area contributed by atoms with Gasteiger partial charge in [-0.3, -0.25) is 9.71 Å². The lowest BCUT2D eigenvalue weighted by Gasteiger charge is -2.17. The van der Waals surface area contributed by atoms with Crippen molar-refractivity contribution in [3.8, 4) is 0 Å². The van der Waals surface area contributed by atoms with Crippen LogP contribution in [0.15, 0.2) is 52.6 Å². The van der Waals surface area contributed by atoms with Crippen molar-refractivity contribution in [1.82, 2.24) is 4.72 Å². The van der Waals surface area contributed by atoms with E-state index < -0.39 is 16.0 Å². The number of pyridine rings is 1. The fourth-order valence-electron chi connectivity index (χ4n) is 2.37. The molecule has 1 aromatic heterocycles. The highest BCUT2D eigenvalue weighted by molar-refractivity contribution is 7.90. The summed E-state index contributed by atoms with van der Waals surface area (Å²) in [4.78, 5) is 3.60. The van der Waals surface area contributed by atoms with E-state index in [1.165, 1.54) is 13.3 Å². The molecule has 0 spiro atoms. The van der Waals surface area contributed by atoms with E-state index in [0.29, 0.717) is 5.69 Å². The number of sulfonamides is 1. The third-order valence-corrected chi connectivity index (χ3v) is 4.79. The number of anilines is 2. The van der Waals surface area contributed by atoms with Gasteiger partial charge in [0.25, 0.3) is 16.8 Å². The molecule has 1 aromatic carbocycles. The van der Waals surface area contributed by atoms with Crippen molar-refractivity contribution < 1.29 is 22.8 Å². The van der Waals surface area contributed by atoms with Crippen LogP contribution in [0.5, 0.6) is 0 Å². The minimum absolute atomic E-state index is 0.0872. The number of hydrogen-bond acceptors (Lipinski definition) is 6. The maximum Gasteiger partial charge on any atom is 0.270 e. The summed E-state index contributed by atoms with van der Waals surface area (Å²) >= 11 is 0. The molecule has 9 heteroatoms. The van der Waals surface area contributed by atoms with Crippen molar-refractivity contribution in [3.63, 3.8) is 0 Å². The smallest absolute Gasteiger partial charge is 0.270 e. The molecular formula is C18H24N4O4S. The van der Waals surface area contributed by atoms with E-state index in [1.54, 1.807) is 30.7 Å². The third-order valence-electron chi connectivity index (χ3n) is 3.44. The van der Waals surface area contributed by atoms with Crippen LogP contribution in [0.3, 0.4) is 0 Å². The fourth-order valence-corrected chi connectivity index (χ4v) is 3.45. The van der Waals surface area contributed by atoms with Gasteiger partial charge in [0.15, 0.2) is 17.3 Å². The van der Waals surface area contributed by atoms with E-state index in [4.69, 9.17) is 4.74 Å². The van der Waals surface area contributed by atoms with E-state index in [9.17, 15) is 13.5 Å². The van der Waals surface area contributed by atoms with Gasteiger partial charge in [-0.2, -0.15) is 4.57 Å². The summed E-state index contributed by atoms with van der Waals surface area (Å²) in [6.45, 7) is 5.48. The molecule has 0 aliphatic carbocycles. The second-order valence-electron chi connectivity index (χ2n) is 6.28. The fraction of sp³-hybridized carbons (Fsp3) is 0.333. The average Bonchev–Trinajstić information content (AvgIpc) is 2.55. The van der Waals surface area contributed by atoms with E-state index >= 15 is 0 Å². The molecule has 27 heavy (non-hydrogen) atoms. The number of amidine groups is 1. The number of nitrogens with zero attached hydrogens (tertiary/aromatic N) is 2. The van der Waals surface area contributed by atoms with Crippen LogP contribution in [-0.2, 0) is 21.5 Å². The molecule has 0 aliphatic rings. The molecule has 0 radical (unpaired) electrons. The Kier molecular flexibility index (Phi) is 6.75. The van der Waals surface area contributed by atoms with E-state index in [0.717, 1.165) is 11.3 Å². The summed E-state index contributed by atoms with van der Waals surface area (Å²) in [5, 5.41) is 14.9. The maximum atomic E-state index is 12.8. The molecular weight excluding hydrogens is 368 g/mol. The lowest BCUT2D eigenvalue weighted by molar-refractivity contribution is -0.732. The zero-order valence-electron chi connectivity index (χ0n) is 15.8. The molecule has 0 saturated heterocycles. The second-order valence-corrected chi connectivity index (χ2v) is 7.93. The van der Waals surface area contributed by atoms with Crippen LogP contribution in [0.25, 0.3) is 0 Å². The number of aryl methyl sites for hydroxylation is 1. The number of nitrogens with one attached hydrogen (secondary N) is 2. The minimum Gasteiger partial charge on any atom is -0.846 e. The molecule has 0 amide bonds. The SMILES string of the molecule is COC[n+]1ccc(Nc2cccc(C)c2)c(S(=O)(=O)NC([O-])=NC(C)C)c1. The molecule has 1 heterocycles. The van der Waals surface area contributed by atoms with Crippen molar-refractivity contribution in [2.24, 2.45) is 4.99 Å². The molecule has 2 rings (SSSR count). The van der Waals surface area contributed by atoms with Crippen LogP contribution in [0.2, 0.25) is 0 Å². The third kappa shape index (κ3) is 5.93. The topological polar surface area (TPSA) is 107 Å². The lowest BCUT2D eigenvalue weighted by Crippen LogP contribution is -2.42. The first-order chi connectivity index (χ1) is 12.7. The Hall–Kier alpha value is -2.65. The van der Waals surface area contributed by atoms with E-state index in [1.807, 2.05) is 35.9 Å². The van der Waals surface area contributed by atoms with Crippen LogP contribution in [-0.4, -0.2) is 27.6 Å². The van der Waals surface area contributed by atoms with Gasteiger partial charge in [0.2, 0.25) is 0 Å². The standard InChI is InChI=1S/C18H24N4O4S/c1-13(2)19-18(23)21-27(24,25)17-11-22(12-26-4)9-8-16(17)20-15-7-5-6-14(3)10-15/h5-11,13H,12H2,1-4H3,(H2,19,21,23). The van der Waals surface area contributed by atoms with Crippen molar-refractivity contribution in [3.05, 3.63) is 48.3 Å². The normalized spacial score (nSPS) is 12.3. The highest BCUT2D eigenvalue weighted by atomic mass is 32.2. The van der Waals surface area contributed by atoms with Crippen LogP contribution in [0.1, 0.15) is 19.4 Å². The molecule has 8 nitrogen and oxygen atoms in total. The summed E-state index contributed by atoms with van der Waals surface area (Å²) in [6.07, 6.45) is 3.08. The number of aromatic nitrogens is 1. The highest BCUT2D eigenvalue weighted by Crippen LogP contribution is 2.24. The summed E-state index contributed by atoms with van der Waals surface area (Å²) in [5.74, 6) is 0. The molecule has 0 aliphatic heterocycles. The van der Waals surface area contributed by atoms with Crippen molar-refractivity contribution in [2.75, 3.05) is 12.4 Å². The van der Waals surface area contributed by atoms with E-state index in [-0.39, 0.29) is 17.7 Å².